The molecule has 0 aromatic carbocycles. The summed E-state index contributed by atoms with van der Waals surface area (Å²) < 4.78 is 5.01. The van der Waals surface area contributed by atoms with Crippen molar-refractivity contribution < 1.29 is 4.74 Å². The highest BCUT2D eigenvalue weighted by molar-refractivity contribution is 4.81. The van der Waals surface area contributed by atoms with Crippen LogP contribution in [0.2, 0.25) is 0 Å². The van der Waals surface area contributed by atoms with E-state index in [-0.39, 0.29) is 6.04 Å². The molecule has 2 unspecified atom stereocenters. The van der Waals surface area contributed by atoms with Crippen LogP contribution in [0.15, 0.2) is 0 Å². The molecule has 0 amide bonds. The Labute approximate surface area is 68.5 Å². The van der Waals surface area contributed by atoms with E-state index in [0.717, 1.165) is 6.54 Å². The first-order valence-electron chi connectivity index (χ1n) is 4.17. The van der Waals surface area contributed by atoms with Gasteiger partial charge in [0.25, 0.3) is 0 Å². The average Bonchev–Trinajstić information content (AvgIpc) is 2.36. The number of hydrogen-bond donors (Lipinski definition) is 1. The van der Waals surface area contributed by atoms with Crippen LogP contribution in [0.4, 0.5) is 0 Å². The molecule has 0 radical (unpaired) electrons. The summed E-state index contributed by atoms with van der Waals surface area (Å²) in [5.74, 6) is 0.639. The van der Waals surface area contributed by atoms with Gasteiger partial charge >= 0.3 is 0 Å². The van der Waals surface area contributed by atoms with E-state index in [4.69, 9.17) is 10.5 Å². The highest BCUT2D eigenvalue weighted by atomic mass is 16.5. The molecule has 0 saturated carbocycles. The first-order chi connectivity index (χ1) is 5.24. The Balaban J connectivity index is 2.25. The second kappa shape index (κ2) is 4.04. The number of likely N-dealkylation sites (tertiary alicyclic amines) is 1. The fraction of sp³-hybridized carbons (Fsp3) is 1.00. The monoisotopic (exact) mass is 158 g/mol. The van der Waals surface area contributed by atoms with Crippen LogP contribution < -0.4 is 5.73 Å². The topological polar surface area (TPSA) is 38.5 Å². The van der Waals surface area contributed by atoms with Crippen molar-refractivity contribution >= 4 is 0 Å². The minimum Gasteiger partial charge on any atom is -0.383 e. The Morgan fingerprint density at radius 1 is 1.73 bits per heavy atom. The molecule has 11 heavy (non-hydrogen) atoms. The molecule has 1 fully saturated rings. The second-order valence-corrected chi connectivity index (χ2v) is 3.43. The maximum atomic E-state index is 5.90. The van der Waals surface area contributed by atoms with Gasteiger partial charge in [-0.15, -0.1) is 0 Å². The van der Waals surface area contributed by atoms with Gasteiger partial charge in [0.2, 0.25) is 0 Å². The van der Waals surface area contributed by atoms with Gasteiger partial charge in [0, 0.05) is 19.7 Å². The molecule has 0 aromatic heterocycles. The molecule has 0 spiro atoms. The van der Waals surface area contributed by atoms with Gasteiger partial charge in [-0.05, 0) is 25.9 Å². The third kappa shape index (κ3) is 2.43. The van der Waals surface area contributed by atoms with Gasteiger partial charge in [-0.3, -0.25) is 0 Å². The molecule has 1 rings (SSSR count). The second-order valence-electron chi connectivity index (χ2n) is 3.43. The summed E-state index contributed by atoms with van der Waals surface area (Å²) in [5.41, 5.74) is 5.90. The van der Waals surface area contributed by atoms with E-state index in [1.165, 1.54) is 13.0 Å². The first kappa shape index (κ1) is 8.97. The number of nitrogens with zero attached hydrogens (tertiary/aromatic N) is 1. The fourth-order valence-corrected chi connectivity index (χ4v) is 1.65. The van der Waals surface area contributed by atoms with Crippen LogP contribution >= 0.6 is 0 Å². The van der Waals surface area contributed by atoms with Crippen molar-refractivity contribution in [3.63, 3.8) is 0 Å². The highest BCUT2D eigenvalue weighted by Crippen LogP contribution is 2.16. The first-order valence-corrected chi connectivity index (χ1v) is 4.17. The third-order valence-corrected chi connectivity index (χ3v) is 2.39. The molecular weight excluding hydrogens is 140 g/mol. The van der Waals surface area contributed by atoms with Crippen LogP contribution in [-0.4, -0.2) is 44.8 Å². The van der Waals surface area contributed by atoms with Gasteiger partial charge in [0.15, 0.2) is 0 Å². The van der Waals surface area contributed by atoms with E-state index in [1.807, 2.05) is 0 Å². The molecule has 1 saturated heterocycles. The largest absolute Gasteiger partial charge is 0.383 e. The van der Waals surface area contributed by atoms with Crippen LogP contribution in [0.5, 0.6) is 0 Å². The quantitative estimate of drug-likeness (QED) is 0.624. The van der Waals surface area contributed by atoms with E-state index in [9.17, 15) is 0 Å². The minimum atomic E-state index is 0.227. The lowest BCUT2D eigenvalue weighted by atomic mass is 10.0. The van der Waals surface area contributed by atoms with E-state index in [1.54, 1.807) is 7.11 Å². The standard InChI is InChI=1S/C8H18N2O/c1-10-4-3-7(5-10)8(9)6-11-2/h7-8H,3-6,9H2,1-2H3. The van der Waals surface area contributed by atoms with Crippen LogP contribution in [0.3, 0.4) is 0 Å². The van der Waals surface area contributed by atoms with E-state index < -0.39 is 0 Å². The van der Waals surface area contributed by atoms with Crippen molar-refractivity contribution in [2.24, 2.45) is 11.7 Å². The Morgan fingerprint density at radius 3 is 2.91 bits per heavy atom. The number of nitrogens with two attached hydrogens (primary N) is 1. The molecule has 1 heterocycles. The number of hydrogen-bond acceptors (Lipinski definition) is 3. The van der Waals surface area contributed by atoms with E-state index in [0.29, 0.717) is 12.5 Å². The molecule has 0 bridgehead atoms. The molecule has 2 N–H and O–H groups in total. The molecule has 3 nitrogen and oxygen atoms in total. The zero-order valence-corrected chi connectivity index (χ0v) is 7.42. The van der Waals surface area contributed by atoms with Crippen molar-refractivity contribution in [1.29, 1.82) is 0 Å². The summed E-state index contributed by atoms with van der Waals surface area (Å²) in [5, 5.41) is 0. The van der Waals surface area contributed by atoms with Crippen LogP contribution in [0.25, 0.3) is 0 Å². The minimum absolute atomic E-state index is 0.227. The summed E-state index contributed by atoms with van der Waals surface area (Å²) >= 11 is 0. The Bertz CT molecular complexity index is 119. The van der Waals surface area contributed by atoms with Gasteiger partial charge in [-0.2, -0.15) is 0 Å². The van der Waals surface area contributed by atoms with Gasteiger partial charge in [0.05, 0.1) is 6.61 Å². The van der Waals surface area contributed by atoms with Crippen molar-refractivity contribution in [3.05, 3.63) is 0 Å². The van der Waals surface area contributed by atoms with Crippen molar-refractivity contribution in [2.75, 3.05) is 33.9 Å². The third-order valence-electron chi connectivity index (χ3n) is 2.39. The van der Waals surface area contributed by atoms with Gasteiger partial charge in [-0.1, -0.05) is 0 Å². The fourth-order valence-electron chi connectivity index (χ4n) is 1.65. The molecule has 0 aliphatic carbocycles. The number of methoxy groups -OCH3 is 1. The summed E-state index contributed by atoms with van der Waals surface area (Å²) in [4.78, 5) is 2.32. The summed E-state index contributed by atoms with van der Waals surface area (Å²) in [6.45, 7) is 3.01. The Morgan fingerprint density at radius 2 is 2.45 bits per heavy atom. The van der Waals surface area contributed by atoms with E-state index >= 15 is 0 Å². The molecule has 3 heteroatoms. The molecular formula is C8H18N2O. The maximum absolute atomic E-state index is 5.90. The lowest BCUT2D eigenvalue weighted by Crippen LogP contribution is -2.35. The summed E-state index contributed by atoms with van der Waals surface area (Å²) in [7, 11) is 3.85. The zero-order valence-electron chi connectivity index (χ0n) is 7.42. The predicted octanol–water partition coefficient (Wildman–Crippen LogP) is -0.0882. The predicted molar refractivity (Wildman–Crippen MR) is 45.5 cm³/mol. The Hall–Kier alpha value is -0.120. The molecule has 0 aromatic rings. The smallest absolute Gasteiger partial charge is 0.0616 e. The molecule has 66 valence electrons. The maximum Gasteiger partial charge on any atom is 0.0616 e. The van der Waals surface area contributed by atoms with Crippen molar-refractivity contribution in [3.8, 4) is 0 Å². The van der Waals surface area contributed by atoms with Gasteiger partial charge < -0.3 is 15.4 Å². The SMILES string of the molecule is COCC(N)C1CCN(C)C1. The normalized spacial score (nSPS) is 29.2. The lowest BCUT2D eigenvalue weighted by Gasteiger charge is -2.17. The van der Waals surface area contributed by atoms with Gasteiger partial charge in [0.1, 0.15) is 0 Å². The van der Waals surface area contributed by atoms with Crippen LogP contribution in [0.1, 0.15) is 6.42 Å². The highest BCUT2D eigenvalue weighted by Gasteiger charge is 2.24. The molecule has 1 aliphatic heterocycles. The summed E-state index contributed by atoms with van der Waals surface area (Å²) in [6.07, 6.45) is 1.22. The van der Waals surface area contributed by atoms with Crippen LogP contribution in [-0.2, 0) is 4.74 Å². The van der Waals surface area contributed by atoms with Gasteiger partial charge in [-0.25, -0.2) is 0 Å². The number of rotatable bonds is 3. The van der Waals surface area contributed by atoms with Crippen molar-refractivity contribution in [2.45, 2.75) is 12.5 Å². The molecule has 2 atom stereocenters. The van der Waals surface area contributed by atoms with Crippen LogP contribution in [0, 0.1) is 5.92 Å². The number of ether oxygens (including phenoxy) is 1. The van der Waals surface area contributed by atoms with E-state index in [2.05, 4.69) is 11.9 Å². The zero-order chi connectivity index (χ0) is 8.27. The summed E-state index contributed by atoms with van der Waals surface area (Å²) in [6, 6.07) is 0.227. The average molecular weight is 158 g/mol. The lowest BCUT2D eigenvalue weighted by molar-refractivity contribution is 0.158. The molecule has 1 aliphatic rings. The Kier molecular flexibility index (Phi) is 3.30. The van der Waals surface area contributed by atoms with Crippen molar-refractivity contribution in [1.82, 2.24) is 4.90 Å².